The third kappa shape index (κ3) is 3.21. The van der Waals surface area contributed by atoms with Crippen molar-refractivity contribution in [3.05, 3.63) is 30.1 Å². The van der Waals surface area contributed by atoms with Crippen molar-refractivity contribution in [1.82, 2.24) is 10.3 Å². The second-order valence-corrected chi connectivity index (χ2v) is 2.87. The van der Waals surface area contributed by atoms with Gasteiger partial charge in [0.05, 0.1) is 6.04 Å². The molecule has 1 amide bonds. The minimum absolute atomic E-state index is 0.149. The molecular formula is C9H13N3O. The lowest BCUT2D eigenvalue weighted by atomic mass is 10.2. The molecule has 1 aromatic heterocycles. The molecule has 0 radical (unpaired) electrons. The van der Waals surface area contributed by atoms with E-state index < -0.39 is 6.04 Å². The molecule has 0 aliphatic carbocycles. The number of carbonyl (C=O) groups is 1. The fourth-order valence-corrected chi connectivity index (χ4v) is 0.853. The summed E-state index contributed by atoms with van der Waals surface area (Å²) in [5.41, 5.74) is 6.34. The molecule has 3 N–H and O–H groups in total. The van der Waals surface area contributed by atoms with E-state index in [9.17, 15) is 4.79 Å². The largest absolute Gasteiger partial charge is 0.351 e. The van der Waals surface area contributed by atoms with Crippen LogP contribution in [0.25, 0.3) is 0 Å². The lowest BCUT2D eigenvalue weighted by Crippen LogP contribution is -2.37. The van der Waals surface area contributed by atoms with Crippen molar-refractivity contribution < 1.29 is 4.79 Å². The van der Waals surface area contributed by atoms with E-state index in [0.717, 1.165) is 5.56 Å². The average Bonchev–Trinajstić information content (AvgIpc) is 2.15. The third-order valence-corrected chi connectivity index (χ3v) is 1.60. The highest BCUT2D eigenvalue weighted by molar-refractivity contribution is 5.80. The van der Waals surface area contributed by atoms with Crippen molar-refractivity contribution >= 4 is 5.91 Å². The van der Waals surface area contributed by atoms with Gasteiger partial charge in [0.25, 0.3) is 0 Å². The molecule has 0 saturated carbocycles. The summed E-state index contributed by atoms with van der Waals surface area (Å²) in [5, 5.41) is 2.69. The highest BCUT2D eigenvalue weighted by Crippen LogP contribution is 1.94. The Hall–Kier alpha value is -1.42. The van der Waals surface area contributed by atoms with Gasteiger partial charge >= 0.3 is 0 Å². The number of aromatic nitrogens is 1. The molecule has 0 saturated heterocycles. The van der Waals surface area contributed by atoms with E-state index in [4.69, 9.17) is 5.73 Å². The van der Waals surface area contributed by atoms with E-state index in [1.54, 1.807) is 19.3 Å². The lowest BCUT2D eigenvalue weighted by molar-refractivity contribution is -0.122. The van der Waals surface area contributed by atoms with Crippen LogP contribution in [0.5, 0.6) is 0 Å². The summed E-state index contributed by atoms with van der Waals surface area (Å²) in [6, 6.07) is 3.26. The van der Waals surface area contributed by atoms with Crippen LogP contribution in [0.2, 0.25) is 0 Å². The first-order valence-corrected chi connectivity index (χ1v) is 4.12. The van der Waals surface area contributed by atoms with Gasteiger partial charge in [-0.2, -0.15) is 0 Å². The Kier molecular flexibility index (Phi) is 3.40. The van der Waals surface area contributed by atoms with Gasteiger partial charge in [0.1, 0.15) is 0 Å². The van der Waals surface area contributed by atoms with Crippen molar-refractivity contribution in [2.45, 2.75) is 19.5 Å². The van der Waals surface area contributed by atoms with E-state index in [-0.39, 0.29) is 5.91 Å². The molecule has 0 aromatic carbocycles. The van der Waals surface area contributed by atoms with E-state index in [2.05, 4.69) is 10.3 Å². The van der Waals surface area contributed by atoms with E-state index in [1.807, 2.05) is 12.1 Å². The number of nitrogens with zero attached hydrogens (tertiary/aromatic N) is 1. The molecule has 1 aromatic rings. The number of nitrogens with two attached hydrogens (primary N) is 1. The smallest absolute Gasteiger partial charge is 0.236 e. The van der Waals surface area contributed by atoms with Gasteiger partial charge in [-0.15, -0.1) is 0 Å². The molecule has 0 unspecified atom stereocenters. The molecule has 70 valence electrons. The molecule has 13 heavy (non-hydrogen) atoms. The predicted molar refractivity (Wildman–Crippen MR) is 49.7 cm³/mol. The zero-order valence-electron chi connectivity index (χ0n) is 7.53. The van der Waals surface area contributed by atoms with Crippen LogP contribution in [0.4, 0.5) is 0 Å². The monoisotopic (exact) mass is 179 g/mol. The van der Waals surface area contributed by atoms with Gasteiger partial charge in [-0.25, -0.2) is 0 Å². The molecule has 1 rings (SSSR count). The summed E-state index contributed by atoms with van der Waals surface area (Å²) in [4.78, 5) is 15.0. The molecule has 4 heteroatoms. The van der Waals surface area contributed by atoms with Crippen LogP contribution in [0.15, 0.2) is 24.5 Å². The maximum absolute atomic E-state index is 11.1. The SMILES string of the molecule is C[C@H](N)C(=O)NCc1cccnc1. The number of amides is 1. The van der Waals surface area contributed by atoms with Gasteiger partial charge in [-0.1, -0.05) is 6.07 Å². The zero-order chi connectivity index (χ0) is 9.68. The molecule has 4 nitrogen and oxygen atoms in total. The van der Waals surface area contributed by atoms with Gasteiger partial charge in [-0.05, 0) is 18.6 Å². The van der Waals surface area contributed by atoms with Gasteiger partial charge in [0, 0.05) is 18.9 Å². The Labute approximate surface area is 77.2 Å². The van der Waals surface area contributed by atoms with Crippen LogP contribution in [-0.4, -0.2) is 16.9 Å². The van der Waals surface area contributed by atoms with Crippen molar-refractivity contribution in [2.75, 3.05) is 0 Å². The van der Waals surface area contributed by atoms with Crippen molar-refractivity contribution in [3.63, 3.8) is 0 Å². The first-order chi connectivity index (χ1) is 6.20. The van der Waals surface area contributed by atoms with Crippen LogP contribution in [-0.2, 0) is 11.3 Å². The fourth-order valence-electron chi connectivity index (χ4n) is 0.853. The van der Waals surface area contributed by atoms with Crippen LogP contribution < -0.4 is 11.1 Å². The topological polar surface area (TPSA) is 68.0 Å². The van der Waals surface area contributed by atoms with E-state index in [0.29, 0.717) is 6.54 Å². The van der Waals surface area contributed by atoms with Crippen LogP contribution >= 0.6 is 0 Å². The summed E-state index contributed by atoms with van der Waals surface area (Å²) >= 11 is 0. The molecule has 1 heterocycles. The number of hydrogen-bond donors (Lipinski definition) is 2. The molecular weight excluding hydrogens is 166 g/mol. The van der Waals surface area contributed by atoms with Crippen molar-refractivity contribution in [2.24, 2.45) is 5.73 Å². The number of carbonyl (C=O) groups excluding carboxylic acids is 1. The predicted octanol–water partition coefficient (Wildman–Crippen LogP) is 0.0450. The minimum atomic E-state index is -0.461. The van der Waals surface area contributed by atoms with Gasteiger partial charge in [0.2, 0.25) is 5.91 Å². The van der Waals surface area contributed by atoms with Gasteiger partial charge in [0.15, 0.2) is 0 Å². The maximum atomic E-state index is 11.1. The Morgan fingerprint density at radius 1 is 1.77 bits per heavy atom. The highest BCUT2D eigenvalue weighted by atomic mass is 16.2. The number of hydrogen-bond acceptors (Lipinski definition) is 3. The van der Waals surface area contributed by atoms with E-state index >= 15 is 0 Å². The van der Waals surface area contributed by atoms with Crippen molar-refractivity contribution in [3.8, 4) is 0 Å². The minimum Gasteiger partial charge on any atom is -0.351 e. The Morgan fingerprint density at radius 3 is 3.08 bits per heavy atom. The maximum Gasteiger partial charge on any atom is 0.236 e. The number of rotatable bonds is 3. The van der Waals surface area contributed by atoms with Crippen LogP contribution in [0, 0.1) is 0 Å². The number of nitrogens with one attached hydrogen (secondary N) is 1. The molecule has 0 spiro atoms. The Morgan fingerprint density at radius 2 is 2.54 bits per heavy atom. The second-order valence-electron chi connectivity index (χ2n) is 2.87. The zero-order valence-corrected chi connectivity index (χ0v) is 7.53. The van der Waals surface area contributed by atoms with Gasteiger partial charge in [-0.3, -0.25) is 9.78 Å². The van der Waals surface area contributed by atoms with Gasteiger partial charge < -0.3 is 11.1 Å². The third-order valence-electron chi connectivity index (χ3n) is 1.60. The summed E-state index contributed by atoms with van der Waals surface area (Å²) < 4.78 is 0. The highest BCUT2D eigenvalue weighted by Gasteiger charge is 2.05. The van der Waals surface area contributed by atoms with Crippen LogP contribution in [0.1, 0.15) is 12.5 Å². The quantitative estimate of drug-likeness (QED) is 0.688. The normalized spacial score (nSPS) is 12.2. The second kappa shape index (κ2) is 4.57. The molecule has 0 aliphatic rings. The summed E-state index contributed by atoms with van der Waals surface area (Å²) in [7, 11) is 0. The molecule has 1 atom stereocenters. The average molecular weight is 179 g/mol. The molecule has 0 aliphatic heterocycles. The first kappa shape index (κ1) is 9.67. The standard InChI is InChI=1S/C9H13N3O/c1-7(10)9(13)12-6-8-3-2-4-11-5-8/h2-5,7H,6,10H2,1H3,(H,12,13)/t7-/m0/s1. The summed E-state index contributed by atoms with van der Waals surface area (Å²) in [6.07, 6.45) is 3.40. The Balaban J connectivity index is 2.40. The summed E-state index contributed by atoms with van der Waals surface area (Å²) in [5.74, 6) is -0.149. The fraction of sp³-hybridized carbons (Fsp3) is 0.333. The lowest BCUT2D eigenvalue weighted by Gasteiger charge is -2.06. The van der Waals surface area contributed by atoms with E-state index in [1.165, 1.54) is 0 Å². The number of pyridine rings is 1. The molecule has 0 bridgehead atoms. The Bertz CT molecular complexity index is 271. The van der Waals surface area contributed by atoms with Crippen LogP contribution in [0.3, 0.4) is 0 Å². The first-order valence-electron chi connectivity index (χ1n) is 4.12. The summed E-state index contributed by atoms with van der Waals surface area (Å²) in [6.45, 7) is 2.13. The van der Waals surface area contributed by atoms with Crippen molar-refractivity contribution in [1.29, 1.82) is 0 Å². The molecule has 0 fully saturated rings.